The van der Waals surface area contributed by atoms with Crippen molar-refractivity contribution in [2.24, 2.45) is 0 Å². The van der Waals surface area contributed by atoms with Crippen LogP contribution in [0.25, 0.3) is 22.3 Å². The standard InChI is InChI=1S/C21H18N2O/c1-21-14-8-3-2-7-13(14)19-20(15(21)9-6-12-18(21)24)23-17-11-5-4-10-16(17)22-19/h2-5,7-8,10-11,15H,6,9,12H2,1H3/t15-,21+/m1/s1. The van der Waals surface area contributed by atoms with Gasteiger partial charge in [-0.25, -0.2) is 9.97 Å². The number of aromatic nitrogens is 2. The van der Waals surface area contributed by atoms with Crippen LogP contribution in [0.2, 0.25) is 0 Å². The number of fused-ring (bicyclic) bond motifs is 7. The van der Waals surface area contributed by atoms with Gasteiger partial charge in [-0.3, -0.25) is 4.79 Å². The minimum atomic E-state index is -0.473. The van der Waals surface area contributed by atoms with Gasteiger partial charge >= 0.3 is 0 Å². The third-order valence-electron chi connectivity index (χ3n) is 5.84. The highest BCUT2D eigenvalue weighted by atomic mass is 16.1. The molecule has 3 aromatic rings. The summed E-state index contributed by atoms with van der Waals surface area (Å²) in [6, 6.07) is 16.2. The van der Waals surface area contributed by atoms with Crippen LogP contribution in [0.3, 0.4) is 0 Å². The minimum Gasteiger partial charge on any atom is -0.299 e. The quantitative estimate of drug-likeness (QED) is 0.617. The second-order valence-electron chi connectivity index (χ2n) is 7.06. The highest BCUT2D eigenvalue weighted by molar-refractivity contribution is 5.96. The Bertz CT molecular complexity index is 994. The third-order valence-corrected chi connectivity index (χ3v) is 5.84. The zero-order chi connectivity index (χ0) is 16.3. The monoisotopic (exact) mass is 314 g/mol. The Balaban J connectivity index is 1.90. The lowest BCUT2D eigenvalue weighted by molar-refractivity contribution is -0.126. The van der Waals surface area contributed by atoms with Crippen molar-refractivity contribution in [3.8, 4) is 11.3 Å². The predicted octanol–water partition coefficient (Wildman–Crippen LogP) is 4.40. The van der Waals surface area contributed by atoms with Gasteiger partial charge in [-0.1, -0.05) is 36.4 Å². The number of hydrogen-bond acceptors (Lipinski definition) is 3. The van der Waals surface area contributed by atoms with Gasteiger partial charge in [0, 0.05) is 17.9 Å². The van der Waals surface area contributed by atoms with Crippen LogP contribution in [0, 0.1) is 0 Å². The Kier molecular flexibility index (Phi) is 2.73. The van der Waals surface area contributed by atoms with Crippen LogP contribution in [-0.4, -0.2) is 15.8 Å². The Labute approximate surface area is 140 Å². The number of para-hydroxylation sites is 2. The number of nitrogens with zero attached hydrogens (tertiary/aromatic N) is 2. The maximum Gasteiger partial charge on any atom is 0.143 e. The first kappa shape index (κ1) is 13.8. The second kappa shape index (κ2) is 4.73. The van der Waals surface area contributed by atoms with E-state index < -0.39 is 5.41 Å². The summed E-state index contributed by atoms with van der Waals surface area (Å²) in [4.78, 5) is 22.8. The Morgan fingerprint density at radius 2 is 1.71 bits per heavy atom. The molecule has 2 aliphatic rings. The van der Waals surface area contributed by atoms with Crippen LogP contribution in [0.1, 0.15) is 43.4 Å². The number of carbonyl (C=O) groups excluding carboxylic acids is 1. The molecule has 1 saturated carbocycles. The molecular weight excluding hydrogens is 296 g/mol. The summed E-state index contributed by atoms with van der Waals surface area (Å²) in [6.45, 7) is 2.11. The summed E-state index contributed by atoms with van der Waals surface area (Å²) >= 11 is 0. The van der Waals surface area contributed by atoms with Gasteiger partial charge in [0.25, 0.3) is 0 Å². The van der Waals surface area contributed by atoms with Crippen molar-refractivity contribution in [1.29, 1.82) is 0 Å². The van der Waals surface area contributed by atoms with E-state index in [2.05, 4.69) is 19.1 Å². The van der Waals surface area contributed by atoms with E-state index in [4.69, 9.17) is 9.97 Å². The number of hydrogen-bond donors (Lipinski definition) is 0. The lowest BCUT2D eigenvalue weighted by Gasteiger charge is -2.44. The minimum absolute atomic E-state index is 0.126. The first-order valence-electron chi connectivity index (χ1n) is 8.59. The van der Waals surface area contributed by atoms with Gasteiger partial charge in [0.15, 0.2) is 0 Å². The fraction of sp³-hybridized carbons (Fsp3) is 0.286. The molecule has 1 heterocycles. The summed E-state index contributed by atoms with van der Waals surface area (Å²) in [6.07, 6.45) is 2.60. The molecule has 1 aromatic heterocycles. The summed E-state index contributed by atoms with van der Waals surface area (Å²) < 4.78 is 0. The Morgan fingerprint density at radius 3 is 2.54 bits per heavy atom. The SMILES string of the molecule is C[C@@]12C(=O)CCC[C@@H]1c1nc3ccccc3nc1-c1ccccc12. The van der Waals surface area contributed by atoms with E-state index in [-0.39, 0.29) is 5.92 Å². The van der Waals surface area contributed by atoms with Gasteiger partial charge in [0.05, 0.1) is 27.8 Å². The summed E-state index contributed by atoms with van der Waals surface area (Å²) in [5, 5.41) is 0. The van der Waals surface area contributed by atoms with E-state index in [1.807, 2.05) is 36.4 Å². The first-order chi connectivity index (χ1) is 11.7. The van der Waals surface area contributed by atoms with Crippen molar-refractivity contribution in [1.82, 2.24) is 9.97 Å². The van der Waals surface area contributed by atoms with Gasteiger partial charge < -0.3 is 0 Å². The van der Waals surface area contributed by atoms with Crippen LogP contribution in [0.15, 0.2) is 48.5 Å². The molecule has 0 aliphatic heterocycles. The lowest BCUT2D eigenvalue weighted by Crippen LogP contribution is -2.45. The lowest BCUT2D eigenvalue weighted by atomic mass is 9.58. The molecule has 0 N–H and O–H groups in total. The molecular formula is C21H18N2O. The van der Waals surface area contributed by atoms with Crippen LogP contribution in [-0.2, 0) is 10.2 Å². The molecule has 2 aliphatic carbocycles. The zero-order valence-electron chi connectivity index (χ0n) is 13.6. The summed E-state index contributed by atoms with van der Waals surface area (Å²) in [5.41, 5.74) is 5.51. The molecule has 0 spiro atoms. The van der Waals surface area contributed by atoms with Crippen molar-refractivity contribution in [2.45, 2.75) is 37.5 Å². The van der Waals surface area contributed by atoms with Gasteiger partial charge in [0.1, 0.15) is 5.78 Å². The molecule has 24 heavy (non-hydrogen) atoms. The molecule has 1 fully saturated rings. The first-order valence-corrected chi connectivity index (χ1v) is 8.59. The highest BCUT2D eigenvalue weighted by Crippen LogP contribution is 2.54. The fourth-order valence-corrected chi connectivity index (χ4v) is 4.55. The molecule has 0 radical (unpaired) electrons. The largest absolute Gasteiger partial charge is 0.299 e. The van der Waals surface area contributed by atoms with E-state index in [1.54, 1.807) is 0 Å². The average Bonchev–Trinajstić information content (AvgIpc) is 2.62. The summed E-state index contributed by atoms with van der Waals surface area (Å²) in [7, 11) is 0. The molecule has 118 valence electrons. The van der Waals surface area contributed by atoms with Crippen molar-refractivity contribution in [2.75, 3.05) is 0 Å². The smallest absolute Gasteiger partial charge is 0.143 e. The van der Waals surface area contributed by atoms with Crippen molar-refractivity contribution >= 4 is 16.8 Å². The average molecular weight is 314 g/mol. The third kappa shape index (κ3) is 1.64. The van der Waals surface area contributed by atoms with E-state index >= 15 is 0 Å². The van der Waals surface area contributed by atoms with Crippen LogP contribution < -0.4 is 0 Å². The van der Waals surface area contributed by atoms with E-state index in [0.29, 0.717) is 12.2 Å². The fourth-order valence-electron chi connectivity index (χ4n) is 4.55. The molecule has 0 unspecified atom stereocenters. The number of carbonyl (C=O) groups is 1. The molecule has 3 nitrogen and oxygen atoms in total. The van der Waals surface area contributed by atoms with Gasteiger partial charge in [-0.2, -0.15) is 0 Å². The van der Waals surface area contributed by atoms with Gasteiger partial charge in [-0.15, -0.1) is 0 Å². The summed E-state index contributed by atoms with van der Waals surface area (Å²) in [5.74, 6) is 0.465. The predicted molar refractivity (Wildman–Crippen MR) is 93.9 cm³/mol. The maximum absolute atomic E-state index is 12.9. The van der Waals surface area contributed by atoms with Crippen LogP contribution in [0.5, 0.6) is 0 Å². The van der Waals surface area contributed by atoms with E-state index in [9.17, 15) is 4.79 Å². The maximum atomic E-state index is 12.9. The molecule has 2 aromatic carbocycles. The number of benzene rings is 2. The van der Waals surface area contributed by atoms with E-state index in [1.165, 1.54) is 0 Å². The number of ketones is 1. The molecule has 0 amide bonds. The number of Topliss-reactive ketones (excluding diaryl/α,β-unsaturated/α-hetero) is 1. The number of rotatable bonds is 0. The van der Waals surface area contributed by atoms with E-state index in [0.717, 1.165) is 46.4 Å². The van der Waals surface area contributed by atoms with Gasteiger partial charge in [0.2, 0.25) is 0 Å². The van der Waals surface area contributed by atoms with Gasteiger partial charge in [-0.05, 0) is 37.5 Å². The topological polar surface area (TPSA) is 42.9 Å². The van der Waals surface area contributed by atoms with Crippen molar-refractivity contribution in [3.63, 3.8) is 0 Å². The normalized spacial score (nSPS) is 25.0. The highest BCUT2D eigenvalue weighted by Gasteiger charge is 2.50. The second-order valence-corrected chi connectivity index (χ2v) is 7.06. The Morgan fingerprint density at radius 1 is 1.00 bits per heavy atom. The molecule has 3 heteroatoms. The molecule has 0 bridgehead atoms. The molecule has 2 atom stereocenters. The van der Waals surface area contributed by atoms with Crippen LogP contribution >= 0.6 is 0 Å². The van der Waals surface area contributed by atoms with Crippen molar-refractivity contribution < 1.29 is 4.79 Å². The molecule has 0 saturated heterocycles. The zero-order valence-corrected chi connectivity index (χ0v) is 13.6. The Hall–Kier alpha value is -2.55. The molecule has 5 rings (SSSR count). The van der Waals surface area contributed by atoms with Crippen LogP contribution in [0.4, 0.5) is 0 Å². The van der Waals surface area contributed by atoms with Crippen molar-refractivity contribution in [3.05, 3.63) is 59.8 Å².